The molecule has 0 aromatic heterocycles. The van der Waals surface area contributed by atoms with Crippen LogP contribution >= 0.6 is 23.5 Å². The first-order valence-electron chi connectivity index (χ1n) is 7.16. The second-order valence-corrected chi connectivity index (χ2v) is 9.02. The molecule has 0 aliphatic heterocycles. The molecule has 0 amide bonds. The van der Waals surface area contributed by atoms with Gasteiger partial charge in [-0.3, -0.25) is 10.1 Å². The lowest BCUT2D eigenvalue weighted by atomic mass is 10.2. The number of aromatic carboxylic acids is 1. The third-order valence-corrected chi connectivity index (χ3v) is 5.49. The van der Waals surface area contributed by atoms with Crippen LogP contribution < -0.4 is 0 Å². The van der Waals surface area contributed by atoms with Crippen molar-refractivity contribution in [1.82, 2.24) is 0 Å². The monoisotopic (exact) mass is 375 g/mol. The molecule has 134 valence electrons. The van der Waals surface area contributed by atoms with Crippen molar-refractivity contribution in [2.45, 2.75) is 42.6 Å². The molecule has 7 nitrogen and oxygen atoms in total. The summed E-state index contributed by atoms with van der Waals surface area (Å²) >= 11 is 2.56. The van der Waals surface area contributed by atoms with Crippen LogP contribution in [0, 0.1) is 10.1 Å². The van der Waals surface area contributed by atoms with Crippen LogP contribution in [-0.2, 0) is 0 Å². The van der Waals surface area contributed by atoms with Gasteiger partial charge in [-0.05, 0) is 6.07 Å². The Kier molecular flexibility index (Phi) is 7.53. The van der Waals surface area contributed by atoms with E-state index in [4.69, 9.17) is 5.11 Å². The minimum absolute atomic E-state index is 0.0390. The highest BCUT2D eigenvalue weighted by atomic mass is 32.2. The molecule has 2 unspecified atom stereocenters. The summed E-state index contributed by atoms with van der Waals surface area (Å²) in [6, 6.07) is 3.55. The van der Waals surface area contributed by atoms with E-state index in [0.717, 1.165) is 17.8 Å². The first-order valence-corrected chi connectivity index (χ1v) is 9.13. The number of non-ortho nitro benzene ring substituents is 1. The molecule has 24 heavy (non-hydrogen) atoms. The van der Waals surface area contributed by atoms with Crippen molar-refractivity contribution in [3.05, 3.63) is 33.9 Å². The lowest BCUT2D eigenvalue weighted by Crippen LogP contribution is -2.31. The maximum Gasteiger partial charge on any atom is 0.337 e. The summed E-state index contributed by atoms with van der Waals surface area (Å²) in [7, 11) is 0. The number of aliphatic hydroxyl groups excluding tert-OH is 2. The van der Waals surface area contributed by atoms with E-state index in [0.29, 0.717) is 10.6 Å². The molecular weight excluding hydrogens is 354 g/mol. The zero-order valence-electron chi connectivity index (χ0n) is 13.6. The molecule has 0 aliphatic carbocycles. The second-order valence-electron chi connectivity index (χ2n) is 6.11. The molecule has 1 aromatic carbocycles. The van der Waals surface area contributed by atoms with Gasteiger partial charge in [-0.25, -0.2) is 4.79 Å². The van der Waals surface area contributed by atoms with Gasteiger partial charge < -0.3 is 15.3 Å². The average molecular weight is 375 g/mol. The number of hydrogen-bond acceptors (Lipinski definition) is 7. The molecule has 0 aliphatic rings. The number of rotatable bonds is 8. The van der Waals surface area contributed by atoms with Crippen LogP contribution in [0.4, 0.5) is 5.69 Å². The maximum atomic E-state index is 11.2. The van der Waals surface area contributed by atoms with Crippen LogP contribution in [0.1, 0.15) is 31.1 Å². The number of carboxylic acids is 1. The summed E-state index contributed by atoms with van der Waals surface area (Å²) in [6.45, 7) is 6.00. The fraction of sp³-hybridized carbons (Fsp3) is 0.533. The number of nitro groups is 1. The SMILES string of the molecule is CC(C)(C)SCC(O)C(O)CSc1ccc([N+](=O)[O-])cc1C(=O)O. The highest BCUT2D eigenvalue weighted by Gasteiger charge is 2.22. The Labute approximate surface area is 148 Å². The first-order chi connectivity index (χ1) is 11.0. The van der Waals surface area contributed by atoms with Crippen molar-refractivity contribution in [2.24, 2.45) is 0 Å². The van der Waals surface area contributed by atoms with E-state index in [1.807, 2.05) is 20.8 Å². The molecular formula is C15H21NO6S2. The smallest absolute Gasteiger partial charge is 0.337 e. The van der Waals surface area contributed by atoms with Crippen molar-refractivity contribution in [2.75, 3.05) is 11.5 Å². The van der Waals surface area contributed by atoms with E-state index in [1.165, 1.54) is 23.9 Å². The third kappa shape index (κ3) is 6.68. The Balaban J connectivity index is 2.72. The maximum absolute atomic E-state index is 11.2. The van der Waals surface area contributed by atoms with Gasteiger partial charge in [0.05, 0.1) is 22.7 Å². The molecule has 0 radical (unpaired) electrons. The van der Waals surface area contributed by atoms with Gasteiger partial charge in [0.1, 0.15) is 0 Å². The summed E-state index contributed by atoms with van der Waals surface area (Å²) in [5.41, 5.74) is -0.501. The molecule has 0 spiro atoms. The Bertz CT molecular complexity index is 602. The molecule has 1 aromatic rings. The van der Waals surface area contributed by atoms with Crippen molar-refractivity contribution >= 4 is 35.2 Å². The normalized spacial score (nSPS) is 14.2. The van der Waals surface area contributed by atoms with Crippen molar-refractivity contribution in [3.8, 4) is 0 Å². The number of thioether (sulfide) groups is 2. The van der Waals surface area contributed by atoms with E-state index in [9.17, 15) is 25.1 Å². The molecule has 0 bridgehead atoms. The van der Waals surface area contributed by atoms with Gasteiger partial charge in [0.15, 0.2) is 0 Å². The van der Waals surface area contributed by atoms with Crippen LogP contribution in [0.2, 0.25) is 0 Å². The number of carboxylic acid groups (broad SMARTS) is 1. The zero-order chi connectivity index (χ0) is 18.5. The van der Waals surface area contributed by atoms with E-state index < -0.39 is 23.1 Å². The second kappa shape index (κ2) is 8.70. The van der Waals surface area contributed by atoms with Crippen molar-refractivity contribution < 1.29 is 25.0 Å². The minimum atomic E-state index is -1.28. The third-order valence-electron chi connectivity index (χ3n) is 2.95. The summed E-state index contributed by atoms with van der Waals surface area (Å²) in [5, 5.41) is 39.9. The predicted octanol–water partition coefficient (Wildman–Crippen LogP) is 2.64. The van der Waals surface area contributed by atoms with Crippen LogP contribution in [-0.4, -0.2) is 54.7 Å². The number of nitro benzene ring substituents is 1. The Morgan fingerprint density at radius 1 is 1.25 bits per heavy atom. The van der Waals surface area contributed by atoms with Gasteiger partial charge >= 0.3 is 5.97 Å². The van der Waals surface area contributed by atoms with Gasteiger partial charge in [-0.1, -0.05) is 20.8 Å². The minimum Gasteiger partial charge on any atom is -0.478 e. The quantitative estimate of drug-likeness (QED) is 0.360. The van der Waals surface area contributed by atoms with Crippen molar-refractivity contribution in [3.63, 3.8) is 0 Å². The van der Waals surface area contributed by atoms with E-state index in [2.05, 4.69) is 0 Å². The number of carbonyl (C=O) groups is 1. The molecule has 1 rings (SSSR count). The zero-order valence-corrected chi connectivity index (χ0v) is 15.3. The first kappa shape index (κ1) is 20.8. The van der Waals surface area contributed by atoms with Crippen LogP contribution in [0.3, 0.4) is 0 Å². The van der Waals surface area contributed by atoms with Crippen LogP contribution in [0.15, 0.2) is 23.1 Å². The Morgan fingerprint density at radius 2 is 1.83 bits per heavy atom. The van der Waals surface area contributed by atoms with Gasteiger partial charge in [0.2, 0.25) is 0 Å². The van der Waals surface area contributed by atoms with Crippen molar-refractivity contribution in [1.29, 1.82) is 0 Å². The standard InChI is InChI=1S/C15H21NO6S2/c1-15(2,3)24-8-12(18)11(17)7-23-13-5-4-9(16(21)22)6-10(13)14(19)20/h4-6,11-12,17-18H,7-8H2,1-3H3,(H,19,20). The van der Waals surface area contributed by atoms with E-state index in [-0.39, 0.29) is 21.8 Å². The molecule has 0 heterocycles. The van der Waals surface area contributed by atoms with Gasteiger partial charge in [0, 0.05) is 33.3 Å². The average Bonchev–Trinajstić information content (AvgIpc) is 2.48. The highest BCUT2D eigenvalue weighted by Crippen LogP contribution is 2.29. The highest BCUT2D eigenvalue weighted by molar-refractivity contribution is 8.00. The lowest BCUT2D eigenvalue weighted by molar-refractivity contribution is -0.384. The van der Waals surface area contributed by atoms with Crippen LogP contribution in [0.25, 0.3) is 0 Å². The largest absolute Gasteiger partial charge is 0.478 e. The van der Waals surface area contributed by atoms with Crippen LogP contribution in [0.5, 0.6) is 0 Å². The predicted molar refractivity (Wildman–Crippen MR) is 95.0 cm³/mol. The number of aliphatic hydroxyl groups is 2. The molecule has 2 atom stereocenters. The Morgan fingerprint density at radius 3 is 2.33 bits per heavy atom. The summed E-state index contributed by atoms with van der Waals surface area (Å²) in [5.74, 6) is -0.833. The fourth-order valence-corrected chi connectivity index (χ4v) is 3.59. The van der Waals surface area contributed by atoms with Gasteiger partial charge in [-0.2, -0.15) is 11.8 Å². The number of benzene rings is 1. The molecule has 3 N–H and O–H groups in total. The topological polar surface area (TPSA) is 121 Å². The number of nitrogens with zero attached hydrogens (tertiary/aromatic N) is 1. The van der Waals surface area contributed by atoms with Gasteiger partial charge in [0.25, 0.3) is 5.69 Å². The van der Waals surface area contributed by atoms with E-state index >= 15 is 0 Å². The summed E-state index contributed by atoms with van der Waals surface area (Å²) < 4.78 is -0.0390. The Hall–Kier alpha value is -1.29. The lowest BCUT2D eigenvalue weighted by Gasteiger charge is -2.23. The van der Waals surface area contributed by atoms with Gasteiger partial charge in [-0.15, -0.1) is 11.8 Å². The molecule has 0 fully saturated rings. The fourth-order valence-electron chi connectivity index (χ4n) is 1.66. The molecule has 0 saturated carbocycles. The number of hydrogen-bond donors (Lipinski definition) is 3. The molecule has 0 saturated heterocycles. The summed E-state index contributed by atoms with van der Waals surface area (Å²) in [6.07, 6.45) is -1.96. The summed E-state index contributed by atoms with van der Waals surface area (Å²) in [4.78, 5) is 21.6. The molecule has 9 heteroatoms. The van der Waals surface area contributed by atoms with E-state index in [1.54, 1.807) is 0 Å².